The van der Waals surface area contributed by atoms with Gasteiger partial charge in [-0.05, 0) is 13.8 Å². The Kier molecular flexibility index (Phi) is 4.47. The Morgan fingerprint density at radius 3 is 2.48 bits per heavy atom. The molecule has 0 aliphatic carbocycles. The number of hydrogen-bond acceptors (Lipinski definition) is 7. The van der Waals surface area contributed by atoms with Crippen LogP contribution in [0.4, 0.5) is 11.8 Å². The molecule has 0 spiro atoms. The largest absolute Gasteiger partial charge is 0.363 e. The molecule has 7 heteroatoms. The zero-order valence-corrected chi connectivity index (χ0v) is 14.3. The van der Waals surface area contributed by atoms with Crippen molar-refractivity contribution < 1.29 is 4.52 Å². The molecule has 0 saturated carbocycles. The van der Waals surface area contributed by atoms with Gasteiger partial charge in [-0.1, -0.05) is 5.16 Å². The van der Waals surface area contributed by atoms with Crippen molar-refractivity contribution in [3.8, 4) is 0 Å². The number of nitrogens with zero attached hydrogens (tertiary/aromatic N) is 6. The SMILES string of the molecule is Cc1cc(N(C)C)nc(N2CCN(Cc3cnoc3C)CC2)n1. The highest BCUT2D eigenvalue weighted by Gasteiger charge is 2.21. The fourth-order valence-corrected chi connectivity index (χ4v) is 2.72. The number of hydrogen-bond donors (Lipinski definition) is 0. The van der Waals surface area contributed by atoms with E-state index in [9.17, 15) is 0 Å². The highest BCUT2D eigenvalue weighted by Crippen LogP contribution is 2.18. The molecule has 124 valence electrons. The second kappa shape index (κ2) is 6.54. The molecule has 1 saturated heterocycles. The summed E-state index contributed by atoms with van der Waals surface area (Å²) in [6.07, 6.45) is 1.81. The molecule has 3 rings (SSSR count). The Bertz CT molecular complexity index is 660. The first-order valence-corrected chi connectivity index (χ1v) is 7.93. The van der Waals surface area contributed by atoms with Crippen molar-refractivity contribution in [1.29, 1.82) is 0 Å². The minimum absolute atomic E-state index is 0.828. The van der Waals surface area contributed by atoms with Gasteiger partial charge in [0, 0.05) is 64.1 Å². The number of anilines is 2. The lowest BCUT2D eigenvalue weighted by atomic mass is 10.2. The van der Waals surface area contributed by atoms with Crippen molar-refractivity contribution in [3.63, 3.8) is 0 Å². The molecule has 0 unspecified atom stereocenters. The number of aromatic nitrogens is 3. The molecule has 0 radical (unpaired) electrons. The van der Waals surface area contributed by atoms with Crippen LogP contribution in [0, 0.1) is 13.8 Å². The van der Waals surface area contributed by atoms with Gasteiger partial charge < -0.3 is 14.3 Å². The van der Waals surface area contributed by atoms with E-state index in [1.165, 1.54) is 5.56 Å². The predicted molar refractivity (Wildman–Crippen MR) is 89.8 cm³/mol. The fourth-order valence-electron chi connectivity index (χ4n) is 2.72. The molecule has 1 fully saturated rings. The molecule has 0 N–H and O–H groups in total. The molecule has 0 aromatic carbocycles. The normalized spacial score (nSPS) is 15.9. The monoisotopic (exact) mass is 316 g/mol. The third-order valence-electron chi connectivity index (χ3n) is 4.19. The second-order valence-corrected chi connectivity index (χ2v) is 6.23. The number of aryl methyl sites for hydroxylation is 2. The van der Waals surface area contributed by atoms with Gasteiger partial charge in [0.1, 0.15) is 11.6 Å². The van der Waals surface area contributed by atoms with Crippen molar-refractivity contribution in [2.75, 3.05) is 50.1 Å². The molecule has 0 amide bonds. The third kappa shape index (κ3) is 3.61. The minimum Gasteiger partial charge on any atom is -0.363 e. The van der Waals surface area contributed by atoms with Gasteiger partial charge in [0.15, 0.2) is 0 Å². The average molecular weight is 316 g/mol. The summed E-state index contributed by atoms with van der Waals surface area (Å²) >= 11 is 0. The Labute approximate surface area is 136 Å². The van der Waals surface area contributed by atoms with Gasteiger partial charge in [-0.2, -0.15) is 4.98 Å². The summed E-state index contributed by atoms with van der Waals surface area (Å²) < 4.78 is 5.13. The maximum atomic E-state index is 5.13. The summed E-state index contributed by atoms with van der Waals surface area (Å²) in [5.74, 6) is 2.69. The maximum absolute atomic E-state index is 5.13. The van der Waals surface area contributed by atoms with Crippen molar-refractivity contribution >= 4 is 11.8 Å². The minimum atomic E-state index is 0.828. The lowest BCUT2D eigenvalue weighted by Crippen LogP contribution is -2.46. The molecule has 3 heterocycles. The molecular formula is C16H24N6O. The predicted octanol–water partition coefficient (Wildman–Crippen LogP) is 1.47. The van der Waals surface area contributed by atoms with Crippen molar-refractivity contribution in [3.05, 3.63) is 29.3 Å². The van der Waals surface area contributed by atoms with E-state index in [-0.39, 0.29) is 0 Å². The van der Waals surface area contributed by atoms with Gasteiger partial charge in [0.25, 0.3) is 0 Å². The zero-order valence-electron chi connectivity index (χ0n) is 14.3. The van der Waals surface area contributed by atoms with Crippen molar-refractivity contribution in [2.45, 2.75) is 20.4 Å². The highest BCUT2D eigenvalue weighted by atomic mass is 16.5. The highest BCUT2D eigenvalue weighted by molar-refractivity contribution is 5.45. The van der Waals surface area contributed by atoms with Crippen LogP contribution in [0.2, 0.25) is 0 Å². The average Bonchev–Trinajstić information content (AvgIpc) is 2.92. The van der Waals surface area contributed by atoms with Gasteiger partial charge in [-0.3, -0.25) is 4.90 Å². The molecular weight excluding hydrogens is 292 g/mol. The van der Waals surface area contributed by atoms with Gasteiger partial charge in [-0.15, -0.1) is 0 Å². The standard InChI is InChI=1S/C16H24N6O/c1-12-9-15(20(3)4)19-16(18-12)22-7-5-21(6-8-22)11-14-10-17-23-13(14)2/h9-10H,5-8,11H2,1-4H3. The molecule has 0 bridgehead atoms. The van der Waals surface area contributed by atoms with Gasteiger partial charge in [-0.25, -0.2) is 4.98 Å². The first kappa shape index (κ1) is 15.7. The summed E-state index contributed by atoms with van der Waals surface area (Å²) in [5.41, 5.74) is 2.17. The van der Waals surface area contributed by atoms with E-state index in [4.69, 9.17) is 4.52 Å². The molecule has 2 aromatic rings. The zero-order chi connectivity index (χ0) is 16.4. The van der Waals surface area contributed by atoms with E-state index in [1.807, 2.05) is 45.1 Å². The van der Waals surface area contributed by atoms with Crippen LogP contribution in [0.15, 0.2) is 16.8 Å². The van der Waals surface area contributed by atoms with Crippen molar-refractivity contribution in [2.24, 2.45) is 0 Å². The van der Waals surface area contributed by atoms with E-state index in [0.29, 0.717) is 0 Å². The lowest BCUT2D eigenvalue weighted by molar-refractivity contribution is 0.247. The summed E-state index contributed by atoms with van der Waals surface area (Å²) in [6, 6.07) is 2.01. The smallest absolute Gasteiger partial charge is 0.227 e. The molecule has 7 nitrogen and oxygen atoms in total. The van der Waals surface area contributed by atoms with Crippen molar-refractivity contribution in [1.82, 2.24) is 20.0 Å². The van der Waals surface area contributed by atoms with Crippen LogP contribution in [-0.4, -0.2) is 60.3 Å². The van der Waals surface area contributed by atoms with E-state index < -0.39 is 0 Å². The second-order valence-electron chi connectivity index (χ2n) is 6.23. The third-order valence-corrected chi connectivity index (χ3v) is 4.19. The van der Waals surface area contributed by atoms with Crippen LogP contribution in [0.1, 0.15) is 17.0 Å². The summed E-state index contributed by atoms with van der Waals surface area (Å²) in [6.45, 7) is 8.70. The number of piperazine rings is 1. The van der Waals surface area contributed by atoms with Crippen LogP contribution in [0.3, 0.4) is 0 Å². The van der Waals surface area contributed by atoms with E-state index in [0.717, 1.165) is 55.9 Å². The molecule has 2 aromatic heterocycles. The Hall–Kier alpha value is -2.15. The Morgan fingerprint density at radius 1 is 1.13 bits per heavy atom. The maximum Gasteiger partial charge on any atom is 0.227 e. The summed E-state index contributed by atoms with van der Waals surface area (Å²) in [5, 5.41) is 3.85. The van der Waals surface area contributed by atoms with Crippen LogP contribution >= 0.6 is 0 Å². The summed E-state index contributed by atoms with van der Waals surface area (Å²) in [7, 11) is 4.01. The van der Waals surface area contributed by atoms with E-state index >= 15 is 0 Å². The van der Waals surface area contributed by atoms with Crippen LogP contribution in [0.5, 0.6) is 0 Å². The van der Waals surface area contributed by atoms with E-state index in [2.05, 4.69) is 24.9 Å². The molecule has 1 aliphatic heterocycles. The van der Waals surface area contributed by atoms with E-state index in [1.54, 1.807) is 0 Å². The van der Waals surface area contributed by atoms with Gasteiger partial charge in [0.05, 0.1) is 6.20 Å². The van der Waals surface area contributed by atoms with Crippen LogP contribution in [0.25, 0.3) is 0 Å². The van der Waals surface area contributed by atoms with Gasteiger partial charge >= 0.3 is 0 Å². The Balaban J connectivity index is 1.64. The molecule has 23 heavy (non-hydrogen) atoms. The quantitative estimate of drug-likeness (QED) is 0.846. The molecule has 1 aliphatic rings. The summed E-state index contributed by atoms with van der Waals surface area (Å²) in [4.78, 5) is 16.0. The topological polar surface area (TPSA) is 61.5 Å². The first-order chi connectivity index (χ1) is 11.0. The number of rotatable bonds is 4. The van der Waals surface area contributed by atoms with Crippen LogP contribution < -0.4 is 9.80 Å². The lowest BCUT2D eigenvalue weighted by Gasteiger charge is -2.34. The fraction of sp³-hybridized carbons (Fsp3) is 0.562. The van der Waals surface area contributed by atoms with Gasteiger partial charge in [0.2, 0.25) is 5.95 Å². The Morgan fingerprint density at radius 2 is 1.87 bits per heavy atom. The van der Waals surface area contributed by atoms with Crippen LogP contribution in [-0.2, 0) is 6.54 Å². The molecule has 0 atom stereocenters. The first-order valence-electron chi connectivity index (χ1n) is 7.93.